The third-order valence-electron chi connectivity index (χ3n) is 5.46. The largest absolute Gasteiger partial charge is 0.438 e. The molecule has 0 saturated carbocycles. The van der Waals surface area contributed by atoms with Crippen LogP contribution in [-0.2, 0) is 0 Å². The number of nitrogens with zero attached hydrogens (tertiary/aromatic N) is 2. The maximum Gasteiger partial charge on any atom is 0.227 e. The normalized spacial score (nSPS) is 20.7. The maximum atomic E-state index is 5.89. The first-order valence-corrected chi connectivity index (χ1v) is 8.90. The van der Waals surface area contributed by atoms with E-state index in [1.165, 1.54) is 11.3 Å². The SMILES string of the molecule is C1=CC2c3ccccc3N(c3cnc4oc5ccccc5c4c3)C2C=C1. The number of rotatable bonds is 1. The molecule has 0 amide bonds. The van der Waals surface area contributed by atoms with Crippen LogP contribution in [0.4, 0.5) is 11.4 Å². The van der Waals surface area contributed by atoms with E-state index in [9.17, 15) is 0 Å². The summed E-state index contributed by atoms with van der Waals surface area (Å²) >= 11 is 0. The van der Waals surface area contributed by atoms with Crippen LogP contribution in [0.15, 0.2) is 89.5 Å². The number of furan rings is 1. The Morgan fingerprint density at radius 1 is 0.885 bits per heavy atom. The summed E-state index contributed by atoms with van der Waals surface area (Å²) in [6, 6.07) is 19.3. The molecule has 0 bridgehead atoms. The summed E-state index contributed by atoms with van der Waals surface area (Å²) in [5, 5.41) is 2.18. The molecule has 0 spiro atoms. The lowest BCUT2D eigenvalue weighted by Gasteiger charge is -2.28. The van der Waals surface area contributed by atoms with E-state index in [-0.39, 0.29) is 6.04 Å². The van der Waals surface area contributed by atoms with Gasteiger partial charge in [-0.2, -0.15) is 0 Å². The lowest BCUT2D eigenvalue weighted by atomic mass is 9.91. The van der Waals surface area contributed by atoms with Crippen molar-refractivity contribution in [1.82, 2.24) is 4.98 Å². The van der Waals surface area contributed by atoms with E-state index in [4.69, 9.17) is 4.42 Å². The Kier molecular flexibility index (Phi) is 2.72. The molecule has 2 aliphatic rings. The van der Waals surface area contributed by atoms with Crippen molar-refractivity contribution in [2.24, 2.45) is 0 Å². The van der Waals surface area contributed by atoms with Crippen LogP contribution in [0.3, 0.4) is 0 Å². The first-order chi connectivity index (χ1) is 12.9. The third kappa shape index (κ3) is 1.80. The molecular formula is C23H16N2O. The fourth-order valence-electron chi connectivity index (χ4n) is 4.32. The summed E-state index contributed by atoms with van der Waals surface area (Å²) in [6.45, 7) is 0. The first-order valence-electron chi connectivity index (χ1n) is 8.90. The van der Waals surface area contributed by atoms with Crippen molar-refractivity contribution >= 4 is 33.4 Å². The number of anilines is 2. The Morgan fingerprint density at radius 3 is 2.73 bits per heavy atom. The molecule has 2 unspecified atom stereocenters. The van der Waals surface area contributed by atoms with Gasteiger partial charge >= 0.3 is 0 Å². The van der Waals surface area contributed by atoms with Gasteiger partial charge in [-0.05, 0) is 23.8 Å². The highest BCUT2D eigenvalue weighted by Gasteiger charge is 2.37. The molecule has 0 radical (unpaired) electrons. The van der Waals surface area contributed by atoms with E-state index in [1.54, 1.807) is 0 Å². The van der Waals surface area contributed by atoms with Gasteiger partial charge < -0.3 is 9.32 Å². The van der Waals surface area contributed by atoms with Crippen molar-refractivity contribution in [1.29, 1.82) is 0 Å². The zero-order chi connectivity index (χ0) is 17.1. The quantitative estimate of drug-likeness (QED) is 0.446. The number of hydrogen-bond donors (Lipinski definition) is 0. The monoisotopic (exact) mass is 336 g/mol. The maximum absolute atomic E-state index is 5.89. The number of aromatic nitrogens is 1. The number of fused-ring (bicyclic) bond motifs is 6. The molecule has 26 heavy (non-hydrogen) atoms. The van der Waals surface area contributed by atoms with Crippen molar-refractivity contribution in [3.8, 4) is 0 Å². The fourth-order valence-corrected chi connectivity index (χ4v) is 4.32. The van der Waals surface area contributed by atoms with Crippen LogP contribution >= 0.6 is 0 Å². The molecule has 3 heterocycles. The van der Waals surface area contributed by atoms with Gasteiger partial charge in [-0.3, -0.25) is 0 Å². The van der Waals surface area contributed by atoms with Gasteiger partial charge in [-0.1, -0.05) is 60.7 Å². The number of pyridine rings is 1. The predicted molar refractivity (Wildman–Crippen MR) is 105 cm³/mol. The second-order valence-corrected chi connectivity index (χ2v) is 6.86. The Morgan fingerprint density at radius 2 is 1.73 bits per heavy atom. The van der Waals surface area contributed by atoms with Gasteiger partial charge in [0.05, 0.1) is 23.3 Å². The lowest BCUT2D eigenvalue weighted by Crippen LogP contribution is -2.28. The van der Waals surface area contributed by atoms with Crippen LogP contribution in [0.2, 0.25) is 0 Å². The predicted octanol–water partition coefficient (Wildman–Crippen LogP) is 5.71. The van der Waals surface area contributed by atoms with Crippen molar-refractivity contribution in [2.75, 3.05) is 4.90 Å². The molecule has 1 aliphatic carbocycles. The second kappa shape index (κ2) is 5.09. The van der Waals surface area contributed by atoms with Gasteiger partial charge in [0.15, 0.2) is 0 Å². The van der Waals surface area contributed by atoms with Crippen molar-refractivity contribution < 1.29 is 4.42 Å². The molecule has 3 heteroatoms. The lowest BCUT2D eigenvalue weighted by molar-refractivity contribution is 0.653. The molecular weight excluding hydrogens is 320 g/mol. The highest BCUT2D eigenvalue weighted by atomic mass is 16.3. The van der Waals surface area contributed by atoms with Crippen LogP contribution in [0.25, 0.3) is 22.1 Å². The molecule has 0 N–H and O–H groups in total. The van der Waals surface area contributed by atoms with Gasteiger partial charge in [0.25, 0.3) is 0 Å². The van der Waals surface area contributed by atoms with Gasteiger partial charge in [0, 0.05) is 17.0 Å². The highest BCUT2D eigenvalue weighted by molar-refractivity contribution is 6.04. The zero-order valence-corrected chi connectivity index (χ0v) is 14.0. The number of benzene rings is 2. The summed E-state index contributed by atoms with van der Waals surface area (Å²) in [5.74, 6) is 0.382. The molecule has 124 valence electrons. The summed E-state index contributed by atoms with van der Waals surface area (Å²) in [7, 11) is 0. The fraction of sp³-hybridized carbons (Fsp3) is 0.0870. The second-order valence-electron chi connectivity index (χ2n) is 6.86. The molecule has 0 saturated heterocycles. The Bertz CT molecular complexity index is 1220. The van der Waals surface area contributed by atoms with Crippen molar-refractivity contribution in [3.05, 3.63) is 90.7 Å². The topological polar surface area (TPSA) is 29.3 Å². The van der Waals surface area contributed by atoms with Gasteiger partial charge in [0.1, 0.15) is 5.58 Å². The summed E-state index contributed by atoms with van der Waals surface area (Å²) < 4.78 is 5.89. The van der Waals surface area contributed by atoms with Gasteiger partial charge in [-0.25, -0.2) is 4.98 Å². The Balaban J connectivity index is 1.59. The standard InChI is InChI=1S/C23H16N2O/c1-4-10-20-16(7-1)17-8-2-5-11-21(17)25(20)15-13-19-18-9-3-6-12-22(18)26-23(19)24-14-15/h1-14,16,20H. The first kappa shape index (κ1) is 13.9. The van der Waals surface area contributed by atoms with E-state index < -0.39 is 0 Å². The molecule has 0 fully saturated rings. The van der Waals surface area contributed by atoms with E-state index in [1.807, 2.05) is 24.4 Å². The molecule has 6 rings (SSSR count). The van der Waals surface area contributed by atoms with Crippen LogP contribution < -0.4 is 4.90 Å². The minimum Gasteiger partial charge on any atom is -0.438 e. The molecule has 4 aromatic rings. The number of hydrogen-bond acceptors (Lipinski definition) is 3. The van der Waals surface area contributed by atoms with Crippen LogP contribution in [-0.4, -0.2) is 11.0 Å². The van der Waals surface area contributed by atoms with Gasteiger partial charge in [0.2, 0.25) is 5.71 Å². The summed E-state index contributed by atoms with van der Waals surface area (Å²) in [6.07, 6.45) is 10.8. The Hall–Kier alpha value is -3.33. The average Bonchev–Trinajstić information content (AvgIpc) is 3.23. The zero-order valence-electron chi connectivity index (χ0n) is 14.0. The van der Waals surface area contributed by atoms with E-state index in [0.717, 1.165) is 22.0 Å². The minimum atomic E-state index is 0.287. The van der Waals surface area contributed by atoms with E-state index in [0.29, 0.717) is 11.6 Å². The molecule has 2 aromatic carbocycles. The minimum absolute atomic E-state index is 0.287. The van der Waals surface area contributed by atoms with E-state index >= 15 is 0 Å². The van der Waals surface area contributed by atoms with Crippen LogP contribution in [0.1, 0.15) is 11.5 Å². The summed E-state index contributed by atoms with van der Waals surface area (Å²) in [4.78, 5) is 7.02. The molecule has 1 aliphatic heterocycles. The third-order valence-corrected chi connectivity index (χ3v) is 5.46. The highest BCUT2D eigenvalue weighted by Crippen LogP contribution is 2.47. The summed E-state index contributed by atoms with van der Waals surface area (Å²) in [5.41, 5.74) is 5.30. The average molecular weight is 336 g/mol. The number of allylic oxidation sites excluding steroid dienone is 2. The van der Waals surface area contributed by atoms with Crippen LogP contribution in [0, 0.1) is 0 Å². The molecule has 2 atom stereocenters. The Labute approximate surface area is 150 Å². The van der Waals surface area contributed by atoms with Gasteiger partial charge in [-0.15, -0.1) is 0 Å². The number of para-hydroxylation sites is 2. The van der Waals surface area contributed by atoms with Crippen molar-refractivity contribution in [3.63, 3.8) is 0 Å². The van der Waals surface area contributed by atoms with E-state index in [2.05, 4.69) is 70.6 Å². The van der Waals surface area contributed by atoms with Crippen molar-refractivity contribution in [2.45, 2.75) is 12.0 Å². The molecule has 3 nitrogen and oxygen atoms in total. The van der Waals surface area contributed by atoms with Crippen LogP contribution in [0.5, 0.6) is 0 Å². The molecule has 2 aromatic heterocycles. The smallest absolute Gasteiger partial charge is 0.227 e.